The van der Waals surface area contributed by atoms with Crippen LogP contribution < -0.4 is 5.32 Å². The number of furan rings is 1. The Kier molecular flexibility index (Phi) is 2.69. The number of carbonyl (C=O) groups is 1. The molecule has 0 fully saturated rings. The molecule has 0 bridgehead atoms. The highest BCUT2D eigenvalue weighted by Gasteiger charge is 2.07. The minimum atomic E-state index is -0.177. The van der Waals surface area contributed by atoms with Crippen molar-refractivity contribution in [3.05, 3.63) is 36.8 Å². The normalized spacial score (nSPS) is 12.1. The molecule has 1 atom stereocenters. The zero-order valence-electron chi connectivity index (χ0n) is 6.91. The van der Waals surface area contributed by atoms with Crippen molar-refractivity contribution >= 4 is 5.91 Å². The molecule has 0 saturated heterocycles. The summed E-state index contributed by atoms with van der Waals surface area (Å²) in [5.74, 6) is -0.177. The fraction of sp³-hybridized carbons (Fsp3) is 0.222. The van der Waals surface area contributed by atoms with Crippen molar-refractivity contribution in [2.75, 3.05) is 0 Å². The molecule has 0 aliphatic heterocycles. The van der Waals surface area contributed by atoms with Gasteiger partial charge in [0, 0.05) is 5.56 Å². The van der Waals surface area contributed by atoms with Gasteiger partial charge in [-0.3, -0.25) is 4.79 Å². The minimum absolute atomic E-state index is 0.0331. The van der Waals surface area contributed by atoms with E-state index in [0.717, 1.165) is 5.56 Å². The summed E-state index contributed by atoms with van der Waals surface area (Å²) in [5.41, 5.74) is 0.949. The van der Waals surface area contributed by atoms with Gasteiger partial charge in [-0.25, -0.2) is 0 Å². The molecule has 3 nitrogen and oxygen atoms in total. The molecule has 1 N–H and O–H groups in total. The van der Waals surface area contributed by atoms with Gasteiger partial charge in [-0.2, -0.15) is 0 Å². The Hall–Kier alpha value is -1.51. The lowest BCUT2D eigenvalue weighted by Crippen LogP contribution is -2.23. The van der Waals surface area contributed by atoms with Crippen LogP contribution >= 0.6 is 0 Å². The molecule has 1 rings (SSSR count). The number of amides is 1. The molecule has 0 aliphatic rings. The first-order valence-electron chi connectivity index (χ1n) is 3.69. The van der Waals surface area contributed by atoms with E-state index < -0.39 is 0 Å². The van der Waals surface area contributed by atoms with Crippen molar-refractivity contribution in [1.82, 2.24) is 5.32 Å². The zero-order chi connectivity index (χ0) is 8.97. The molecule has 1 aromatic heterocycles. The molecule has 3 heteroatoms. The van der Waals surface area contributed by atoms with Crippen LogP contribution in [0.2, 0.25) is 0 Å². The van der Waals surface area contributed by atoms with E-state index in [4.69, 9.17) is 4.42 Å². The van der Waals surface area contributed by atoms with Gasteiger partial charge in [-0.15, -0.1) is 0 Å². The lowest BCUT2D eigenvalue weighted by molar-refractivity contribution is -0.117. The first-order valence-corrected chi connectivity index (χ1v) is 3.69. The van der Waals surface area contributed by atoms with E-state index in [0.29, 0.717) is 0 Å². The number of hydrogen-bond donors (Lipinski definition) is 1. The molecule has 0 saturated carbocycles. The first-order chi connectivity index (χ1) is 5.74. The predicted molar refractivity (Wildman–Crippen MR) is 45.5 cm³/mol. The van der Waals surface area contributed by atoms with Crippen molar-refractivity contribution in [1.29, 1.82) is 0 Å². The Balaban J connectivity index is 2.55. The second-order valence-electron chi connectivity index (χ2n) is 2.49. The maximum atomic E-state index is 10.9. The Labute approximate surface area is 71.1 Å². The highest BCUT2D eigenvalue weighted by atomic mass is 16.3. The van der Waals surface area contributed by atoms with Crippen LogP contribution in [-0.4, -0.2) is 5.91 Å². The van der Waals surface area contributed by atoms with Crippen LogP contribution in [0.25, 0.3) is 0 Å². The van der Waals surface area contributed by atoms with E-state index in [1.807, 2.05) is 13.0 Å². The first kappa shape index (κ1) is 8.59. The van der Waals surface area contributed by atoms with Crippen LogP contribution in [0.3, 0.4) is 0 Å². The molecule has 12 heavy (non-hydrogen) atoms. The summed E-state index contributed by atoms with van der Waals surface area (Å²) in [7, 11) is 0. The van der Waals surface area contributed by atoms with Crippen molar-refractivity contribution < 1.29 is 9.21 Å². The summed E-state index contributed by atoms with van der Waals surface area (Å²) in [6.45, 7) is 5.24. The van der Waals surface area contributed by atoms with Crippen LogP contribution in [0.1, 0.15) is 18.5 Å². The number of hydrogen-bond acceptors (Lipinski definition) is 2. The van der Waals surface area contributed by atoms with E-state index >= 15 is 0 Å². The topological polar surface area (TPSA) is 42.2 Å². The van der Waals surface area contributed by atoms with Crippen molar-refractivity contribution in [2.45, 2.75) is 13.0 Å². The van der Waals surface area contributed by atoms with Gasteiger partial charge in [0.2, 0.25) is 5.91 Å². The van der Waals surface area contributed by atoms with Gasteiger partial charge >= 0.3 is 0 Å². The Bertz CT molecular complexity index is 264. The Morgan fingerprint density at radius 1 is 1.83 bits per heavy atom. The summed E-state index contributed by atoms with van der Waals surface area (Å²) < 4.78 is 4.87. The van der Waals surface area contributed by atoms with Gasteiger partial charge in [-0.1, -0.05) is 6.58 Å². The third-order valence-electron chi connectivity index (χ3n) is 1.59. The number of carbonyl (C=O) groups excluding carboxylic acids is 1. The Morgan fingerprint density at radius 2 is 2.58 bits per heavy atom. The highest BCUT2D eigenvalue weighted by Crippen LogP contribution is 2.11. The van der Waals surface area contributed by atoms with Gasteiger partial charge in [-0.05, 0) is 19.1 Å². The van der Waals surface area contributed by atoms with Crippen molar-refractivity contribution in [3.8, 4) is 0 Å². The summed E-state index contributed by atoms with van der Waals surface area (Å²) in [5, 5.41) is 2.71. The molecular weight excluding hydrogens is 154 g/mol. The lowest BCUT2D eigenvalue weighted by Gasteiger charge is -2.08. The predicted octanol–water partition coefficient (Wildman–Crippen LogP) is 1.64. The van der Waals surface area contributed by atoms with Crippen LogP contribution in [0.15, 0.2) is 35.7 Å². The average Bonchev–Trinajstić information content (AvgIpc) is 2.56. The summed E-state index contributed by atoms with van der Waals surface area (Å²) in [6.07, 6.45) is 4.43. The molecule has 64 valence electrons. The van der Waals surface area contributed by atoms with Gasteiger partial charge in [0.25, 0.3) is 0 Å². The molecular formula is C9H11NO2. The molecule has 0 radical (unpaired) electrons. The molecule has 1 amide bonds. The molecule has 0 spiro atoms. The monoisotopic (exact) mass is 165 g/mol. The van der Waals surface area contributed by atoms with E-state index in [-0.39, 0.29) is 11.9 Å². The smallest absolute Gasteiger partial charge is 0.243 e. The average molecular weight is 165 g/mol. The van der Waals surface area contributed by atoms with Gasteiger partial charge < -0.3 is 9.73 Å². The molecule has 0 unspecified atom stereocenters. The third-order valence-corrected chi connectivity index (χ3v) is 1.59. The van der Waals surface area contributed by atoms with E-state index in [1.54, 1.807) is 12.5 Å². The zero-order valence-corrected chi connectivity index (χ0v) is 6.91. The molecule has 0 aromatic carbocycles. The van der Waals surface area contributed by atoms with E-state index in [9.17, 15) is 4.79 Å². The van der Waals surface area contributed by atoms with E-state index in [2.05, 4.69) is 11.9 Å². The molecule has 0 aliphatic carbocycles. The SMILES string of the molecule is C=CC(=O)N[C@H](C)c1ccoc1. The number of nitrogens with one attached hydrogen (secondary N) is 1. The van der Waals surface area contributed by atoms with Crippen molar-refractivity contribution in [3.63, 3.8) is 0 Å². The standard InChI is InChI=1S/C9H11NO2/c1-3-9(11)10-7(2)8-4-5-12-6-8/h3-7H,1H2,2H3,(H,10,11)/t7-/m1/s1. The van der Waals surface area contributed by atoms with Crippen LogP contribution in [0.5, 0.6) is 0 Å². The van der Waals surface area contributed by atoms with Gasteiger partial charge in [0.05, 0.1) is 18.6 Å². The van der Waals surface area contributed by atoms with E-state index in [1.165, 1.54) is 6.08 Å². The minimum Gasteiger partial charge on any atom is -0.472 e. The summed E-state index contributed by atoms with van der Waals surface area (Å²) in [6, 6.07) is 1.78. The maximum absolute atomic E-state index is 10.9. The Morgan fingerprint density at radius 3 is 3.08 bits per heavy atom. The fourth-order valence-electron chi connectivity index (χ4n) is 0.877. The van der Waals surface area contributed by atoms with Crippen LogP contribution in [-0.2, 0) is 4.79 Å². The second-order valence-corrected chi connectivity index (χ2v) is 2.49. The fourth-order valence-corrected chi connectivity index (χ4v) is 0.877. The second kappa shape index (κ2) is 3.76. The van der Waals surface area contributed by atoms with Crippen molar-refractivity contribution in [2.24, 2.45) is 0 Å². The molecule has 1 heterocycles. The van der Waals surface area contributed by atoms with Gasteiger partial charge in [0.15, 0.2) is 0 Å². The summed E-state index contributed by atoms with van der Waals surface area (Å²) >= 11 is 0. The third kappa shape index (κ3) is 1.99. The highest BCUT2D eigenvalue weighted by molar-refractivity contribution is 5.87. The van der Waals surface area contributed by atoms with Gasteiger partial charge in [0.1, 0.15) is 0 Å². The lowest BCUT2D eigenvalue weighted by atomic mass is 10.2. The van der Waals surface area contributed by atoms with Crippen LogP contribution in [0.4, 0.5) is 0 Å². The number of rotatable bonds is 3. The quantitative estimate of drug-likeness (QED) is 0.692. The molecule has 1 aromatic rings. The maximum Gasteiger partial charge on any atom is 0.243 e. The largest absolute Gasteiger partial charge is 0.472 e. The van der Waals surface area contributed by atoms with Crippen LogP contribution in [0, 0.1) is 0 Å². The summed E-state index contributed by atoms with van der Waals surface area (Å²) in [4.78, 5) is 10.9.